The molecule has 0 aliphatic rings. The van der Waals surface area contributed by atoms with Gasteiger partial charge in [-0.1, -0.05) is 36.4 Å². The zero-order valence-electron chi connectivity index (χ0n) is 10.7. The van der Waals surface area contributed by atoms with Crippen LogP contribution in [0.2, 0.25) is 0 Å². The summed E-state index contributed by atoms with van der Waals surface area (Å²) in [7, 11) is 0. The van der Waals surface area contributed by atoms with Gasteiger partial charge in [-0.2, -0.15) is 0 Å². The molecule has 0 unspecified atom stereocenters. The first-order chi connectivity index (χ1) is 8.79. The number of hydrogen-bond donors (Lipinski definition) is 2. The summed E-state index contributed by atoms with van der Waals surface area (Å²) in [5.41, 5.74) is 14.4. The highest BCUT2D eigenvalue weighted by molar-refractivity contribution is 5.85. The van der Waals surface area contributed by atoms with Gasteiger partial charge in [-0.05, 0) is 36.2 Å². The average molecular weight is 279 g/mol. The van der Waals surface area contributed by atoms with Crippen LogP contribution in [0.5, 0.6) is 5.75 Å². The van der Waals surface area contributed by atoms with Crippen LogP contribution in [0.3, 0.4) is 0 Å². The van der Waals surface area contributed by atoms with Gasteiger partial charge in [-0.25, -0.2) is 0 Å². The number of benzene rings is 2. The lowest BCUT2D eigenvalue weighted by atomic mass is 10.1. The van der Waals surface area contributed by atoms with Crippen molar-refractivity contribution >= 4 is 18.1 Å². The van der Waals surface area contributed by atoms with Gasteiger partial charge in [0.05, 0.1) is 5.69 Å². The second kappa shape index (κ2) is 7.67. The highest BCUT2D eigenvalue weighted by atomic mass is 35.5. The maximum atomic E-state index is 5.95. The maximum Gasteiger partial charge on any atom is 0.142 e. The van der Waals surface area contributed by atoms with Gasteiger partial charge in [0.1, 0.15) is 12.4 Å². The van der Waals surface area contributed by atoms with E-state index in [1.807, 2.05) is 48.5 Å². The third-order valence-electron chi connectivity index (χ3n) is 2.74. The standard InChI is InChI=1S/C15H18N2O.ClH/c16-9-8-12-6-7-15(14(17)10-12)18-11-13-4-2-1-3-5-13;/h1-7,10H,8-9,11,16-17H2;1H. The van der Waals surface area contributed by atoms with Crippen molar-refractivity contribution in [2.24, 2.45) is 5.73 Å². The summed E-state index contributed by atoms with van der Waals surface area (Å²) < 4.78 is 5.70. The van der Waals surface area contributed by atoms with Crippen molar-refractivity contribution in [1.29, 1.82) is 0 Å². The molecule has 0 aliphatic heterocycles. The van der Waals surface area contributed by atoms with Crippen LogP contribution in [-0.4, -0.2) is 6.54 Å². The van der Waals surface area contributed by atoms with E-state index in [4.69, 9.17) is 16.2 Å². The Balaban J connectivity index is 0.00000180. The summed E-state index contributed by atoms with van der Waals surface area (Å²) in [5.74, 6) is 0.722. The summed E-state index contributed by atoms with van der Waals surface area (Å²) in [6, 6.07) is 15.9. The third-order valence-corrected chi connectivity index (χ3v) is 2.74. The predicted octanol–water partition coefficient (Wildman–Crippen LogP) is 2.77. The molecular formula is C15H19ClN2O. The number of rotatable bonds is 5. The number of hydrogen-bond acceptors (Lipinski definition) is 3. The normalized spacial score (nSPS) is 9.74. The fourth-order valence-corrected chi connectivity index (χ4v) is 1.79. The minimum absolute atomic E-state index is 0. The van der Waals surface area contributed by atoms with Crippen LogP contribution in [0.4, 0.5) is 5.69 Å². The molecule has 0 aromatic heterocycles. The minimum Gasteiger partial charge on any atom is -0.487 e. The molecule has 2 rings (SSSR count). The van der Waals surface area contributed by atoms with Crippen molar-refractivity contribution in [2.75, 3.05) is 12.3 Å². The third kappa shape index (κ3) is 4.47. The van der Waals surface area contributed by atoms with Crippen molar-refractivity contribution in [1.82, 2.24) is 0 Å². The summed E-state index contributed by atoms with van der Waals surface area (Å²) in [4.78, 5) is 0. The fourth-order valence-electron chi connectivity index (χ4n) is 1.79. The second-order valence-electron chi connectivity index (χ2n) is 4.19. The van der Waals surface area contributed by atoms with Crippen LogP contribution in [0, 0.1) is 0 Å². The summed E-state index contributed by atoms with van der Waals surface area (Å²) in [5, 5.41) is 0. The summed E-state index contributed by atoms with van der Waals surface area (Å²) >= 11 is 0. The number of nitrogen functional groups attached to an aromatic ring is 1. The largest absolute Gasteiger partial charge is 0.487 e. The molecule has 4 heteroatoms. The molecule has 0 bridgehead atoms. The topological polar surface area (TPSA) is 61.3 Å². The zero-order chi connectivity index (χ0) is 12.8. The Bertz CT molecular complexity index is 503. The van der Waals surface area contributed by atoms with Gasteiger partial charge in [0.15, 0.2) is 0 Å². The van der Waals surface area contributed by atoms with E-state index < -0.39 is 0 Å². The first-order valence-electron chi connectivity index (χ1n) is 6.05. The quantitative estimate of drug-likeness (QED) is 0.827. The molecule has 0 amide bonds. The average Bonchev–Trinajstić information content (AvgIpc) is 2.39. The van der Waals surface area contributed by atoms with Crippen LogP contribution in [0.1, 0.15) is 11.1 Å². The van der Waals surface area contributed by atoms with Crippen molar-refractivity contribution in [3.05, 3.63) is 59.7 Å². The summed E-state index contributed by atoms with van der Waals surface area (Å²) in [6.07, 6.45) is 0.836. The van der Waals surface area contributed by atoms with Gasteiger partial charge in [-0.15, -0.1) is 12.4 Å². The highest BCUT2D eigenvalue weighted by Gasteiger charge is 2.02. The molecule has 3 nitrogen and oxygen atoms in total. The Morgan fingerprint density at radius 2 is 1.68 bits per heavy atom. The van der Waals surface area contributed by atoms with Crippen molar-refractivity contribution in [3.8, 4) is 5.75 Å². The van der Waals surface area contributed by atoms with Gasteiger partial charge < -0.3 is 16.2 Å². The monoisotopic (exact) mass is 278 g/mol. The van der Waals surface area contributed by atoms with Crippen LogP contribution in [-0.2, 0) is 13.0 Å². The second-order valence-corrected chi connectivity index (χ2v) is 4.19. The first kappa shape index (κ1) is 15.3. The number of halogens is 1. The highest BCUT2D eigenvalue weighted by Crippen LogP contribution is 2.23. The lowest BCUT2D eigenvalue weighted by molar-refractivity contribution is 0.308. The Morgan fingerprint density at radius 1 is 0.947 bits per heavy atom. The van der Waals surface area contributed by atoms with E-state index in [1.54, 1.807) is 0 Å². The predicted molar refractivity (Wildman–Crippen MR) is 81.6 cm³/mol. The molecule has 0 heterocycles. The Kier molecular flexibility index (Phi) is 6.19. The molecule has 0 radical (unpaired) electrons. The molecule has 0 aliphatic carbocycles. The molecule has 2 aromatic carbocycles. The van der Waals surface area contributed by atoms with E-state index in [0.29, 0.717) is 18.8 Å². The van der Waals surface area contributed by atoms with Crippen molar-refractivity contribution in [3.63, 3.8) is 0 Å². The SMILES string of the molecule is Cl.NCCc1ccc(OCc2ccccc2)c(N)c1. The molecule has 0 fully saturated rings. The molecular weight excluding hydrogens is 260 g/mol. The number of anilines is 1. The molecule has 19 heavy (non-hydrogen) atoms. The minimum atomic E-state index is 0. The maximum absolute atomic E-state index is 5.95. The van der Waals surface area contributed by atoms with Gasteiger partial charge in [0.25, 0.3) is 0 Å². The van der Waals surface area contributed by atoms with Crippen LogP contribution in [0.25, 0.3) is 0 Å². The molecule has 4 N–H and O–H groups in total. The van der Waals surface area contributed by atoms with E-state index in [0.717, 1.165) is 23.3 Å². The van der Waals surface area contributed by atoms with E-state index in [-0.39, 0.29) is 12.4 Å². The zero-order valence-corrected chi connectivity index (χ0v) is 11.5. The number of ether oxygens (including phenoxy) is 1. The van der Waals surface area contributed by atoms with Crippen LogP contribution >= 0.6 is 12.4 Å². The van der Waals surface area contributed by atoms with Crippen LogP contribution < -0.4 is 16.2 Å². The fraction of sp³-hybridized carbons (Fsp3) is 0.200. The van der Waals surface area contributed by atoms with E-state index in [9.17, 15) is 0 Å². The van der Waals surface area contributed by atoms with Crippen molar-refractivity contribution in [2.45, 2.75) is 13.0 Å². The Labute approximate surface area is 120 Å². The van der Waals surface area contributed by atoms with Gasteiger partial charge >= 0.3 is 0 Å². The van der Waals surface area contributed by atoms with Gasteiger partial charge in [-0.3, -0.25) is 0 Å². The van der Waals surface area contributed by atoms with Crippen molar-refractivity contribution < 1.29 is 4.74 Å². The van der Waals surface area contributed by atoms with Gasteiger partial charge in [0, 0.05) is 0 Å². The molecule has 0 saturated heterocycles. The molecule has 0 atom stereocenters. The number of nitrogens with two attached hydrogens (primary N) is 2. The molecule has 0 spiro atoms. The van der Waals surface area contributed by atoms with Gasteiger partial charge in [0.2, 0.25) is 0 Å². The Hall–Kier alpha value is -1.71. The van der Waals surface area contributed by atoms with E-state index in [2.05, 4.69) is 0 Å². The summed E-state index contributed by atoms with van der Waals surface area (Å²) in [6.45, 7) is 1.16. The molecule has 2 aromatic rings. The van der Waals surface area contributed by atoms with E-state index >= 15 is 0 Å². The molecule has 0 saturated carbocycles. The lowest BCUT2D eigenvalue weighted by Crippen LogP contribution is -2.04. The Morgan fingerprint density at radius 3 is 2.32 bits per heavy atom. The first-order valence-corrected chi connectivity index (χ1v) is 6.05. The smallest absolute Gasteiger partial charge is 0.142 e. The molecule has 102 valence electrons. The van der Waals surface area contributed by atoms with Crippen LogP contribution in [0.15, 0.2) is 48.5 Å². The van der Waals surface area contributed by atoms with E-state index in [1.165, 1.54) is 0 Å². The lowest BCUT2D eigenvalue weighted by Gasteiger charge is -2.10.